The summed E-state index contributed by atoms with van der Waals surface area (Å²) in [5.41, 5.74) is 1.02. The molecule has 1 aromatic carbocycles. The van der Waals surface area contributed by atoms with Gasteiger partial charge in [-0.2, -0.15) is 4.98 Å². The number of anilines is 2. The standard InChI is InChI=1S/C14H13Cl2FN4/c15-12-9-18-14(16)19-13(12)21-7-5-20(6-8-21)11-3-1-10(17)2-4-11/h1-4,9H,5-8H2. The van der Waals surface area contributed by atoms with Gasteiger partial charge in [-0.3, -0.25) is 0 Å². The summed E-state index contributed by atoms with van der Waals surface area (Å²) in [7, 11) is 0. The third-order valence-corrected chi connectivity index (χ3v) is 3.92. The molecule has 0 saturated carbocycles. The molecule has 4 nitrogen and oxygen atoms in total. The second kappa shape index (κ2) is 6.03. The van der Waals surface area contributed by atoms with Crippen LogP contribution < -0.4 is 9.80 Å². The molecule has 1 aliphatic heterocycles. The lowest BCUT2D eigenvalue weighted by molar-refractivity contribution is 0.624. The van der Waals surface area contributed by atoms with E-state index >= 15 is 0 Å². The summed E-state index contributed by atoms with van der Waals surface area (Å²) < 4.78 is 13.0. The van der Waals surface area contributed by atoms with Gasteiger partial charge in [0.15, 0.2) is 5.82 Å². The van der Waals surface area contributed by atoms with Crippen LogP contribution in [0.25, 0.3) is 0 Å². The van der Waals surface area contributed by atoms with Gasteiger partial charge >= 0.3 is 0 Å². The fourth-order valence-corrected chi connectivity index (χ4v) is 2.73. The maximum absolute atomic E-state index is 13.0. The number of piperazine rings is 1. The van der Waals surface area contributed by atoms with Crippen LogP contribution in [-0.2, 0) is 0 Å². The molecule has 3 rings (SSSR count). The van der Waals surface area contributed by atoms with Crippen LogP contribution in [0.5, 0.6) is 0 Å². The van der Waals surface area contributed by atoms with E-state index in [9.17, 15) is 4.39 Å². The second-order valence-electron chi connectivity index (χ2n) is 4.76. The van der Waals surface area contributed by atoms with E-state index in [1.54, 1.807) is 12.1 Å². The normalized spacial score (nSPS) is 15.4. The molecule has 0 radical (unpaired) electrons. The van der Waals surface area contributed by atoms with Crippen LogP contribution in [0.1, 0.15) is 0 Å². The first-order chi connectivity index (χ1) is 10.1. The highest BCUT2D eigenvalue weighted by atomic mass is 35.5. The fourth-order valence-electron chi connectivity index (χ4n) is 2.39. The van der Waals surface area contributed by atoms with Crippen LogP contribution >= 0.6 is 23.2 Å². The lowest BCUT2D eigenvalue weighted by atomic mass is 10.2. The SMILES string of the molecule is Fc1ccc(N2CCN(c3nc(Cl)ncc3Cl)CC2)cc1. The Bertz CT molecular complexity index is 627. The minimum atomic E-state index is -0.222. The maximum Gasteiger partial charge on any atom is 0.224 e. The minimum Gasteiger partial charge on any atom is -0.368 e. The summed E-state index contributed by atoms with van der Waals surface area (Å²) in [4.78, 5) is 12.3. The fraction of sp³-hybridized carbons (Fsp3) is 0.286. The minimum absolute atomic E-state index is 0.190. The molecule has 2 heterocycles. The van der Waals surface area contributed by atoms with Crippen molar-refractivity contribution in [1.82, 2.24) is 9.97 Å². The van der Waals surface area contributed by atoms with Gasteiger partial charge in [-0.05, 0) is 35.9 Å². The zero-order chi connectivity index (χ0) is 14.8. The van der Waals surface area contributed by atoms with Crippen LogP contribution in [-0.4, -0.2) is 36.1 Å². The maximum atomic E-state index is 13.0. The van der Waals surface area contributed by atoms with Gasteiger partial charge < -0.3 is 9.80 Å². The molecule has 0 atom stereocenters. The first-order valence-corrected chi connectivity index (χ1v) is 7.32. The van der Waals surface area contributed by atoms with Crippen molar-refractivity contribution in [1.29, 1.82) is 0 Å². The number of hydrogen-bond acceptors (Lipinski definition) is 4. The average molecular weight is 327 g/mol. The number of aromatic nitrogens is 2. The Kier molecular flexibility index (Phi) is 4.12. The molecular weight excluding hydrogens is 314 g/mol. The summed E-state index contributed by atoms with van der Waals surface area (Å²) in [6.07, 6.45) is 1.51. The first-order valence-electron chi connectivity index (χ1n) is 6.57. The quantitative estimate of drug-likeness (QED) is 0.793. The van der Waals surface area contributed by atoms with E-state index in [2.05, 4.69) is 19.8 Å². The topological polar surface area (TPSA) is 32.3 Å². The molecule has 110 valence electrons. The third-order valence-electron chi connectivity index (χ3n) is 3.47. The van der Waals surface area contributed by atoms with Gasteiger partial charge in [0.25, 0.3) is 0 Å². The van der Waals surface area contributed by atoms with E-state index in [0.29, 0.717) is 10.8 Å². The molecule has 1 saturated heterocycles. The summed E-state index contributed by atoms with van der Waals surface area (Å²) >= 11 is 11.9. The molecule has 1 aromatic heterocycles. The Balaban J connectivity index is 1.70. The van der Waals surface area contributed by atoms with Crippen LogP contribution in [0.4, 0.5) is 15.9 Å². The van der Waals surface area contributed by atoms with Crippen molar-refractivity contribution in [3.8, 4) is 0 Å². The van der Waals surface area contributed by atoms with Crippen LogP contribution in [0.3, 0.4) is 0 Å². The zero-order valence-electron chi connectivity index (χ0n) is 11.1. The summed E-state index contributed by atoms with van der Waals surface area (Å²) in [5.74, 6) is 0.440. The van der Waals surface area contributed by atoms with Crippen molar-refractivity contribution in [3.63, 3.8) is 0 Å². The molecule has 2 aromatic rings. The lowest BCUT2D eigenvalue weighted by Crippen LogP contribution is -2.47. The van der Waals surface area contributed by atoms with Crippen molar-refractivity contribution in [2.75, 3.05) is 36.0 Å². The number of hydrogen-bond donors (Lipinski definition) is 0. The molecule has 1 fully saturated rings. The Morgan fingerprint density at radius 2 is 1.57 bits per heavy atom. The molecule has 0 aliphatic carbocycles. The van der Waals surface area contributed by atoms with Gasteiger partial charge in [0.2, 0.25) is 5.28 Å². The lowest BCUT2D eigenvalue weighted by Gasteiger charge is -2.37. The summed E-state index contributed by atoms with van der Waals surface area (Å²) in [6, 6.07) is 6.53. The van der Waals surface area contributed by atoms with E-state index in [0.717, 1.165) is 31.9 Å². The van der Waals surface area contributed by atoms with Gasteiger partial charge in [0.05, 0.1) is 6.20 Å². The molecule has 7 heteroatoms. The van der Waals surface area contributed by atoms with E-state index in [1.165, 1.54) is 18.3 Å². The highest BCUT2D eigenvalue weighted by Crippen LogP contribution is 2.26. The van der Waals surface area contributed by atoms with Gasteiger partial charge in [-0.15, -0.1) is 0 Å². The Morgan fingerprint density at radius 3 is 2.24 bits per heavy atom. The van der Waals surface area contributed by atoms with E-state index in [1.807, 2.05) is 0 Å². The summed E-state index contributed by atoms with van der Waals surface area (Å²) in [6.45, 7) is 3.15. The average Bonchev–Trinajstić information content (AvgIpc) is 2.51. The van der Waals surface area contributed by atoms with Crippen molar-refractivity contribution < 1.29 is 4.39 Å². The highest BCUT2D eigenvalue weighted by molar-refractivity contribution is 6.33. The van der Waals surface area contributed by atoms with Gasteiger partial charge in [0, 0.05) is 31.9 Å². The molecule has 0 N–H and O–H groups in total. The van der Waals surface area contributed by atoms with E-state index in [4.69, 9.17) is 23.2 Å². The molecule has 0 spiro atoms. The van der Waals surface area contributed by atoms with Crippen molar-refractivity contribution in [3.05, 3.63) is 46.6 Å². The van der Waals surface area contributed by atoms with Gasteiger partial charge in [-0.25, -0.2) is 9.37 Å². The monoisotopic (exact) mass is 326 g/mol. The van der Waals surface area contributed by atoms with Crippen molar-refractivity contribution in [2.24, 2.45) is 0 Å². The number of nitrogens with zero attached hydrogens (tertiary/aromatic N) is 4. The molecule has 0 bridgehead atoms. The number of benzene rings is 1. The smallest absolute Gasteiger partial charge is 0.224 e. The molecule has 0 amide bonds. The predicted molar refractivity (Wildman–Crippen MR) is 82.9 cm³/mol. The Hall–Kier alpha value is -1.59. The second-order valence-corrected chi connectivity index (χ2v) is 5.51. The largest absolute Gasteiger partial charge is 0.368 e. The molecule has 1 aliphatic rings. The van der Waals surface area contributed by atoms with Crippen LogP contribution in [0.2, 0.25) is 10.3 Å². The van der Waals surface area contributed by atoms with Crippen molar-refractivity contribution >= 4 is 34.7 Å². The third kappa shape index (κ3) is 3.19. The summed E-state index contributed by atoms with van der Waals surface area (Å²) in [5, 5.41) is 0.685. The van der Waals surface area contributed by atoms with Gasteiger partial charge in [0.1, 0.15) is 10.8 Å². The zero-order valence-corrected chi connectivity index (χ0v) is 12.6. The van der Waals surface area contributed by atoms with E-state index < -0.39 is 0 Å². The Labute approximate surface area is 132 Å². The predicted octanol–water partition coefficient (Wildman–Crippen LogP) is 3.25. The highest BCUT2D eigenvalue weighted by Gasteiger charge is 2.20. The molecule has 0 unspecified atom stereocenters. The first kappa shape index (κ1) is 14.4. The number of halogens is 3. The van der Waals surface area contributed by atoms with Gasteiger partial charge in [-0.1, -0.05) is 11.6 Å². The Morgan fingerprint density at radius 1 is 0.952 bits per heavy atom. The molecular formula is C14H13Cl2FN4. The van der Waals surface area contributed by atoms with Crippen LogP contribution in [0.15, 0.2) is 30.5 Å². The van der Waals surface area contributed by atoms with E-state index in [-0.39, 0.29) is 11.1 Å². The van der Waals surface area contributed by atoms with Crippen LogP contribution in [0, 0.1) is 5.82 Å². The molecule has 21 heavy (non-hydrogen) atoms. The number of rotatable bonds is 2. The van der Waals surface area contributed by atoms with Crippen molar-refractivity contribution in [2.45, 2.75) is 0 Å².